The maximum atomic E-state index is 13.9. The summed E-state index contributed by atoms with van der Waals surface area (Å²) >= 11 is 0. The number of ether oxygens (including phenoxy) is 1. The molecule has 0 aliphatic rings. The lowest BCUT2D eigenvalue weighted by atomic mass is 9.86. The number of carboxylic acid groups (broad SMARTS) is 1. The first-order valence-corrected chi connectivity index (χ1v) is 19.6. The molecule has 5 aromatic rings. The van der Waals surface area contributed by atoms with Gasteiger partial charge >= 0.3 is 5.97 Å². The quantitative estimate of drug-likeness (QED) is 0.0761. The van der Waals surface area contributed by atoms with Gasteiger partial charge < -0.3 is 20.5 Å². The van der Waals surface area contributed by atoms with Crippen molar-refractivity contribution >= 4 is 17.8 Å². The van der Waals surface area contributed by atoms with E-state index < -0.39 is 35.8 Å². The molecule has 0 aliphatic carbocycles. The number of benzene rings is 4. The van der Waals surface area contributed by atoms with Gasteiger partial charge in [0.05, 0.1) is 6.61 Å². The van der Waals surface area contributed by atoms with Gasteiger partial charge in [0.2, 0.25) is 5.91 Å². The fourth-order valence-corrected chi connectivity index (χ4v) is 6.47. The summed E-state index contributed by atoms with van der Waals surface area (Å²) in [5.41, 5.74) is 5.58. The number of carboxylic acids is 1. The van der Waals surface area contributed by atoms with Gasteiger partial charge in [0.25, 0.3) is 5.91 Å². The van der Waals surface area contributed by atoms with Crippen LogP contribution in [0.3, 0.4) is 0 Å². The molecule has 2 unspecified atom stereocenters. The lowest BCUT2D eigenvalue weighted by Crippen LogP contribution is -2.53. The SMILES string of the molecule is CCCCCCCOc1ccc(-c2cnc(-c3ccc(C[C@H](NC(=O)c4ccc(C(C)(C)C)cc4)C(=O)NC(C(=O)O)C(C)c4ccccc4)cc3)nc2)cc1. The van der Waals surface area contributed by atoms with Crippen LogP contribution in [0, 0.1) is 0 Å². The minimum Gasteiger partial charge on any atom is -0.494 e. The topological polar surface area (TPSA) is 131 Å². The normalized spacial score (nSPS) is 12.9. The monoisotopic (exact) mass is 754 g/mol. The Morgan fingerprint density at radius 2 is 1.36 bits per heavy atom. The smallest absolute Gasteiger partial charge is 0.326 e. The summed E-state index contributed by atoms with van der Waals surface area (Å²) in [7, 11) is 0. The number of hydrogen-bond donors (Lipinski definition) is 3. The van der Waals surface area contributed by atoms with Crippen molar-refractivity contribution in [1.29, 1.82) is 0 Å². The van der Waals surface area contributed by atoms with Gasteiger partial charge in [0.1, 0.15) is 17.8 Å². The van der Waals surface area contributed by atoms with E-state index in [0.717, 1.165) is 45.6 Å². The number of hydrogen-bond acceptors (Lipinski definition) is 6. The molecule has 0 saturated carbocycles. The Hall–Kier alpha value is -5.83. The number of unbranched alkanes of at least 4 members (excludes halogenated alkanes) is 4. The predicted molar refractivity (Wildman–Crippen MR) is 222 cm³/mol. The van der Waals surface area contributed by atoms with Crippen LogP contribution in [0.25, 0.3) is 22.5 Å². The fraction of sp³-hybridized carbons (Fsp3) is 0.340. The molecule has 0 radical (unpaired) electrons. The van der Waals surface area contributed by atoms with Crippen molar-refractivity contribution in [3.63, 3.8) is 0 Å². The predicted octanol–water partition coefficient (Wildman–Crippen LogP) is 9.17. The van der Waals surface area contributed by atoms with Crippen molar-refractivity contribution in [2.75, 3.05) is 6.61 Å². The second kappa shape index (κ2) is 19.7. The van der Waals surface area contributed by atoms with Gasteiger partial charge in [0.15, 0.2) is 5.82 Å². The Morgan fingerprint density at radius 1 is 0.732 bits per heavy atom. The van der Waals surface area contributed by atoms with Crippen LogP contribution in [0.1, 0.15) is 99.7 Å². The Labute approximate surface area is 331 Å². The summed E-state index contributed by atoms with van der Waals surface area (Å²) in [6, 6.07) is 29.6. The fourth-order valence-electron chi connectivity index (χ4n) is 6.47. The highest BCUT2D eigenvalue weighted by molar-refractivity contribution is 5.98. The Morgan fingerprint density at radius 3 is 1.96 bits per heavy atom. The molecule has 3 atom stereocenters. The Balaban J connectivity index is 1.28. The van der Waals surface area contributed by atoms with E-state index in [1.54, 1.807) is 31.5 Å². The first-order valence-electron chi connectivity index (χ1n) is 19.6. The summed E-state index contributed by atoms with van der Waals surface area (Å²) in [5.74, 6) is -1.32. The molecule has 0 saturated heterocycles. The van der Waals surface area contributed by atoms with Crippen molar-refractivity contribution in [3.8, 4) is 28.3 Å². The Kier molecular flexibility index (Phi) is 14.5. The minimum absolute atomic E-state index is 0.0906. The first-order chi connectivity index (χ1) is 26.9. The van der Waals surface area contributed by atoms with Gasteiger partial charge in [-0.3, -0.25) is 9.59 Å². The molecule has 292 valence electrons. The summed E-state index contributed by atoms with van der Waals surface area (Å²) in [4.78, 5) is 49.1. The third kappa shape index (κ3) is 11.6. The number of nitrogens with zero attached hydrogens (tertiary/aromatic N) is 2. The zero-order valence-electron chi connectivity index (χ0n) is 33.1. The molecule has 1 aromatic heterocycles. The summed E-state index contributed by atoms with van der Waals surface area (Å²) in [5, 5.41) is 15.7. The summed E-state index contributed by atoms with van der Waals surface area (Å²) in [6.45, 7) is 11.0. The first kappa shape index (κ1) is 41.3. The van der Waals surface area contributed by atoms with E-state index in [1.807, 2.05) is 91.0 Å². The van der Waals surface area contributed by atoms with Crippen LogP contribution in [0.5, 0.6) is 5.75 Å². The van der Waals surface area contributed by atoms with Gasteiger partial charge in [-0.25, -0.2) is 14.8 Å². The van der Waals surface area contributed by atoms with Gasteiger partial charge in [-0.15, -0.1) is 0 Å². The van der Waals surface area contributed by atoms with Crippen LogP contribution in [0.4, 0.5) is 0 Å². The van der Waals surface area contributed by atoms with Gasteiger partial charge in [0, 0.05) is 41.4 Å². The number of amides is 2. The number of carbonyl (C=O) groups is 3. The third-order valence-corrected chi connectivity index (χ3v) is 10.0. The Bertz CT molecular complexity index is 2010. The van der Waals surface area contributed by atoms with Crippen molar-refractivity contribution in [2.45, 2.75) is 96.6 Å². The molecule has 0 fully saturated rings. The zero-order valence-corrected chi connectivity index (χ0v) is 33.1. The highest BCUT2D eigenvalue weighted by Crippen LogP contribution is 2.25. The number of aliphatic carboxylic acids is 1. The summed E-state index contributed by atoms with van der Waals surface area (Å²) in [6.07, 6.45) is 9.69. The molecular weight excluding hydrogens is 701 g/mol. The molecule has 3 N–H and O–H groups in total. The molecule has 2 amide bonds. The van der Waals surface area contributed by atoms with Crippen LogP contribution < -0.4 is 15.4 Å². The lowest BCUT2D eigenvalue weighted by molar-refractivity contribution is -0.142. The number of aromatic nitrogens is 2. The van der Waals surface area contributed by atoms with Crippen molar-refractivity contribution < 1.29 is 24.2 Å². The van der Waals surface area contributed by atoms with E-state index in [-0.39, 0.29) is 11.8 Å². The molecule has 0 spiro atoms. The molecule has 56 heavy (non-hydrogen) atoms. The van der Waals surface area contributed by atoms with E-state index in [1.165, 1.54) is 25.7 Å². The number of carbonyl (C=O) groups excluding carboxylic acids is 2. The minimum atomic E-state index is -1.21. The van der Waals surface area contributed by atoms with Crippen molar-refractivity contribution in [3.05, 3.63) is 138 Å². The van der Waals surface area contributed by atoms with E-state index in [0.29, 0.717) is 18.0 Å². The average molecular weight is 755 g/mol. The molecule has 9 nitrogen and oxygen atoms in total. The van der Waals surface area contributed by atoms with Crippen molar-refractivity contribution in [2.24, 2.45) is 0 Å². The molecule has 0 aliphatic heterocycles. The zero-order chi connectivity index (χ0) is 40.1. The standard InChI is InChI=1S/C47H54N4O5/c1-6-7-8-9-13-28-56-40-26-22-35(23-27-40)38-30-48-43(49-31-38)36-18-16-33(17-19-36)29-41(50-44(52)37-20-24-39(25-21-37)47(3,4)5)45(53)51-42(46(54)55)32(2)34-14-11-10-12-15-34/h10-12,14-27,30-32,41-42H,6-9,13,28-29H2,1-5H3,(H,50,52)(H,51,53)(H,54,55)/t32?,41-,42?/m0/s1. The van der Waals surface area contributed by atoms with E-state index in [4.69, 9.17) is 4.74 Å². The van der Waals surface area contributed by atoms with Gasteiger partial charge in [-0.2, -0.15) is 0 Å². The van der Waals surface area contributed by atoms with Crippen LogP contribution in [0.2, 0.25) is 0 Å². The highest BCUT2D eigenvalue weighted by Gasteiger charge is 2.31. The highest BCUT2D eigenvalue weighted by atomic mass is 16.5. The molecular formula is C47H54N4O5. The number of rotatable bonds is 18. The van der Waals surface area contributed by atoms with Crippen molar-refractivity contribution in [1.82, 2.24) is 20.6 Å². The largest absolute Gasteiger partial charge is 0.494 e. The van der Waals surface area contributed by atoms with Crippen LogP contribution in [-0.2, 0) is 21.4 Å². The second-order valence-electron chi connectivity index (χ2n) is 15.4. The molecule has 4 aromatic carbocycles. The van der Waals surface area contributed by atoms with E-state index >= 15 is 0 Å². The summed E-state index contributed by atoms with van der Waals surface area (Å²) < 4.78 is 5.91. The maximum absolute atomic E-state index is 13.9. The molecule has 9 heteroatoms. The van der Waals surface area contributed by atoms with Crippen LogP contribution in [-0.4, -0.2) is 51.5 Å². The third-order valence-electron chi connectivity index (χ3n) is 10.0. The second-order valence-corrected chi connectivity index (χ2v) is 15.4. The van der Waals surface area contributed by atoms with E-state index in [9.17, 15) is 19.5 Å². The van der Waals surface area contributed by atoms with Crippen LogP contribution in [0.15, 0.2) is 116 Å². The number of nitrogens with one attached hydrogen (secondary N) is 2. The molecule has 0 bridgehead atoms. The van der Waals surface area contributed by atoms with Crippen LogP contribution >= 0.6 is 0 Å². The van der Waals surface area contributed by atoms with Gasteiger partial charge in [-0.05, 0) is 58.4 Å². The maximum Gasteiger partial charge on any atom is 0.326 e. The van der Waals surface area contributed by atoms with Gasteiger partial charge in [-0.1, -0.05) is 139 Å². The average Bonchev–Trinajstić information content (AvgIpc) is 3.21. The van der Waals surface area contributed by atoms with E-state index in [2.05, 4.69) is 48.3 Å². The lowest BCUT2D eigenvalue weighted by Gasteiger charge is -2.25. The molecule has 5 rings (SSSR count). The molecule has 1 heterocycles.